The summed E-state index contributed by atoms with van der Waals surface area (Å²) in [4.78, 5) is 23.0. The molecule has 4 N–H and O–H groups in total. The summed E-state index contributed by atoms with van der Waals surface area (Å²) in [7, 11) is -3.99. The predicted octanol–water partition coefficient (Wildman–Crippen LogP) is 2.46. The molecule has 9 heteroatoms. The largest absolute Gasteiger partial charge is 0.491 e. The van der Waals surface area contributed by atoms with E-state index in [2.05, 4.69) is 10.0 Å². The van der Waals surface area contributed by atoms with Crippen molar-refractivity contribution in [2.75, 3.05) is 16.6 Å². The maximum atomic E-state index is 13.1. The van der Waals surface area contributed by atoms with Gasteiger partial charge in [-0.15, -0.1) is 0 Å². The number of anilines is 2. The van der Waals surface area contributed by atoms with Crippen molar-refractivity contribution in [1.82, 2.24) is 0 Å². The lowest BCUT2D eigenvalue weighted by Crippen LogP contribution is -2.16. The van der Waals surface area contributed by atoms with Crippen LogP contribution in [0.2, 0.25) is 0 Å². The summed E-state index contributed by atoms with van der Waals surface area (Å²) in [5.74, 6) is -0.500. The Morgan fingerprint density at radius 1 is 1.07 bits per heavy atom. The lowest BCUT2D eigenvalue weighted by Gasteiger charge is -2.14. The fourth-order valence-corrected chi connectivity index (χ4v) is 4.51. The molecule has 0 unspecified atom stereocenters. The average molecular weight is 411 g/mol. The Bertz CT molecular complexity index is 1250. The minimum absolute atomic E-state index is 0.0109. The van der Waals surface area contributed by atoms with Crippen LogP contribution in [-0.2, 0) is 14.8 Å². The molecule has 29 heavy (non-hydrogen) atoms. The van der Waals surface area contributed by atoms with E-state index in [1.54, 1.807) is 48.5 Å². The van der Waals surface area contributed by atoms with Crippen LogP contribution in [0.5, 0.6) is 5.75 Å². The van der Waals surface area contributed by atoms with Gasteiger partial charge < -0.3 is 15.8 Å². The summed E-state index contributed by atoms with van der Waals surface area (Å²) >= 11 is 0. The molecule has 148 valence electrons. The molecule has 0 fully saturated rings. The Labute approximate surface area is 166 Å². The first-order chi connectivity index (χ1) is 13.9. The number of para-hydroxylation sites is 2. The van der Waals surface area contributed by atoms with E-state index in [0.29, 0.717) is 22.0 Å². The number of amides is 2. The van der Waals surface area contributed by atoms with Crippen molar-refractivity contribution in [3.8, 4) is 5.75 Å². The molecule has 2 amide bonds. The highest BCUT2D eigenvalue weighted by molar-refractivity contribution is 7.93. The van der Waals surface area contributed by atoms with Gasteiger partial charge in [-0.25, -0.2) is 8.42 Å². The van der Waals surface area contributed by atoms with Gasteiger partial charge in [0.05, 0.1) is 23.6 Å². The smallest absolute Gasteiger partial charge is 0.262 e. The molecule has 0 saturated carbocycles. The molecule has 3 aromatic carbocycles. The molecule has 3 aromatic rings. The van der Waals surface area contributed by atoms with E-state index in [0.717, 1.165) is 0 Å². The number of sulfonamides is 1. The van der Waals surface area contributed by atoms with E-state index < -0.39 is 15.9 Å². The number of benzene rings is 3. The normalized spacial score (nSPS) is 12.6. The van der Waals surface area contributed by atoms with Crippen molar-refractivity contribution in [2.45, 2.75) is 11.3 Å². The number of hydrogen-bond acceptors (Lipinski definition) is 5. The highest BCUT2D eigenvalue weighted by Gasteiger charge is 2.26. The van der Waals surface area contributed by atoms with Crippen LogP contribution in [0.25, 0.3) is 10.8 Å². The Morgan fingerprint density at radius 3 is 2.66 bits per heavy atom. The summed E-state index contributed by atoms with van der Waals surface area (Å²) in [6, 6.07) is 14.5. The van der Waals surface area contributed by atoms with Crippen molar-refractivity contribution in [1.29, 1.82) is 0 Å². The molecule has 0 atom stereocenters. The Morgan fingerprint density at radius 2 is 1.86 bits per heavy atom. The Balaban J connectivity index is 1.71. The van der Waals surface area contributed by atoms with Crippen LogP contribution < -0.4 is 20.5 Å². The van der Waals surface area contributed by atoms with E-state index in [1.807, 2.05) is 0 Å². The number of primary amides is 1. The van der Waals surface area contributed by atoms with Gasteiger partial charge in [0.25, 0.3) is 15.9 Å². The number of carbonyl (C=O) groups excluding carboxylic acids is 2. The van der Waals surface area contributed by atoms with E-state index in [9.17, 15) is 18.0 Å². The van der Waals surface area contributed by atoms with E-state index >= 15 is 0 Å². The molecule has 0 radical (unpaired) electrons. The number of rotatable bonds is 7. The Kier molecular flexibility index (Phi) is 4.59. The van der Waals surface area contributed by atoms with E-state index in [4.69, 9.17) is 10.5 Å². The van der Waals surface area contributed by atoms with Crippen molar-refractivity contribution >= 4 is 44.0 Å². The number of nitrogens with one attached hydrogen (secondary N) is 2. The number of carbonyl (C=O) groups is 2. The second kappa shape index (κ2) is 7.10. The maximum absolute atomic E-state index is 13.1. The molecule has 0 aliphatic carbocycles. The molecule has 0 aromatic heterocycles. The van der Waals surface area contributed by atoms with Crippen LogP contribution in [0.3, 0.4) is 0 Å². The summed E-state index contributed by atoms with van der Waals surface area (Å²) in [5, 5.41) is 3.75. The van der Waals surface area contributed by atoms with Crippen molar-refractivity contribution in [3.63, 3.8) is 0 Å². The zero-order valence-electron chi connectivity index (χ0n) is 15.1. The van der Waals surface area contributed by atoms with Crippen molar-refractivity contribution in [2.24, 2.45) is 5.73 Å². The lowest BCUT2D eigenvalue weighted by molar-refractivity contribution is -0.118. The van der Waals surface area contributed by atoms with Crippen molar-refractivity contribution in [3.05, 3.63) is 60.2 Å². The maximum Gasteiger partial charge on any atom is 0.262 e. The SMILES string of the molecule is NC(=O)CCOc1ccccc1NS(=O)(=O)c1ccc2c3c(cccc13)C(=O)N2. The predicted molar refractivity (Wildman–Crippen MR) is 108 cm³/mol. The number of ether oxygens (including phenoxy) is 1. The van der Waals surface area contributed by atoms with Crippen LogP contribution in [0.1, 0.15) is 16.8 Å². The zero-order valence-corrected chi connectivity index (χ0v) is 16.0. The molecule has 0 spiro atoms. The third-order valence-corrected chi connectivity index (χ3v) is 5.94. The van der Waals surface area contributed by atoms with E-state index in [1.165, 1.54) is 6.07 Å². The first-order valence-electron chi connectivity index (χ1n) is 8.77. The molecule has 8 nitrogen and oxygen atoms in total. The topological polar surface area (TPSA) is 128 Å². The highest BCUT2D eigenvalue weighted by Crippen LogP contribution is 2.37. The zero-order chi connectivity index (χ0) is 20.6. The number of hydrogen-bond donors (Lipinski definition) is 3. The second-order valence-electron chi connectivity index (χ2n) is 6.46. The standard InChI is InChI=1S/C20H17N3O5S/c21-18(24)10-11-28-16-7-2-1-6-14(16)23-29(26,27)17-9-8-15-19-12(17)4-3-5-13(19)20(25)22-15/h1-9,23H,10-11H2,(H2,21,24)(H,22,25). The average Bonchev–Trinajstić information content (AvgIpc) is 3.00. The molecular weight excluding hydrogens is 394 g/mol. The highest BCUT2D eigenvalue weighted by atomic mass is 32.2. The van der Waals surface area contributed by atoms with Gasteiger partial charge in [0, 0.05) is 22.0 Å². The van der Waals surface area contributed by atoms with E-state index in [-0.39, 0.29) is 35.3 Å². The summed E-state index contributed by atoms with van der Waals surface area (Å²) in [5.41, 5.74) is 6.35. The summed E-state index contributed by atoms with van der Waals surface area (Å²) < 4.78 is 34.3. The molecule has 4 rings (SSSR count). The quantitative estimate of drug-likeness (QED) is 0.550. The van der Waals surface area contributed by atoms with Crippen LogP contribution in [-0.4, -0.2) is 26.8 Å². The van der Waals surface area contributed by atoms with Crippen LogP contribution >= 0.6 is 0 Å². The fourth-order valence-electron chi connectivity index (χ4n) is 3.24. The molecular formula is C20H17N3O5S. The third kappa shape index (κ3) is 3.47. The first-order valence-corrected chi connectivity index (χ1v) is 10.3. The summed E-state index contributed by atoms with van der Waals surface area (Å²) in [6.07, 6.45) is 0.0109. The minimum Gasteiger partial charge on any atom is -0.491 e. The van der Waals surface area contributed by atoms with Gasteiger partial charge >= 0.3 is 0 Å². The summed E-state index contributed by atoms with van der Waals surface area (Å²) in [6.45, 7) is 0.0306. The molecule has 1 heterocycles. The van der Waals surface area contributed by atoms with Gasteiger partial charge in [0.15, 0.2) is 0 Å². The lowest BCUT2D eigenvalue weighted by atomic mass is 10.1. The van der Waals surface area contributed by atoms with Gasteiger partial charge in [-0.2, -0.15) is 0 Å². The number of nitrogens with two attached hydrogens (primary N) is 1. The first kappa shape index (κ1) is 18.8. The minimum atomic E-state index is -3.99. The fraction of sp³-hybridized carbons (Fsp3) is 0.100. The second-order valence-corrected chi connectivity index (χ2v) is 8.11. The van der Waals surface area contributed by atoms with Crippen LogP contribution in [0.4, 0.5) is 11.4 Å². The third-order valence-electron chi connectivity index (χ3n) is 4.52. The molecule has 1 aliphatic rings. The van der Waals surface area contributed by atoms with Gasteiger partial charge in [-0.1, -0.05) is 24.3 Å². The Hall–Kier alpha value is -3.59. The van der Waals surface area contributed by atoms with Gasteiger partial charge in [-0.3, -0.25) is 14.3 Å². The molecule has 0 saturated heterocycles. The van der Waals surface area contributed by atoms with Gasteiger partial charge in [0.1, 0.15) is 5.75 Å². The van der Waals surface area contributed by atoms with Crippen LogP contribution in [0.15, 0.2) is 59.5 Å². The van der Waals surface area contributed by atoms with Crippen LogP contribution in [0, 0.1) is 0 Å². The van der Waals surface area contributed by atoms with Gasteiger partial charge in [-0.05, 0) is 30.3 Å². The molecule has 0 bridgehead atoms. The molecule has 1 aliphatic heterocycles. The van der Waals surface area contributed by atoms with Crippen molar-refractivity contribution < 1.29 is 22.7 Å². The monoisotopic (exact) mass is 411 g/mol. The van der Waals surface area contributed by atoms with Gasteiger partial charge in [0.2, 0.25) is 5.91 Å².